The van der Waals surface area contributed by atoms with Crippen molar-refractivity contribution in [3.63, 3.8) is 0 Å². The number of ether oxygens (including phenoxy) is 3. The van der Waals surface area contributed by atoms with E-state index in [4.69, 9.17) is 19.9 Å². The van der Waals surface area contributed by atoms with Crippen LogP contribution in [0, 0.1) is 0 Å². The van der Waals surface area contributed by atoms with Crippen molar-refractivity contribution in [1.82, 2.24) is 10.2 Å². The zero-order valence-electron chi connectivity index (χ0n) is 49.9. The summed E-state index contributed by atoms with van der Waals surface area (Å²) in [5, 5.41) is 3.22. The lowest BCUT2D eigenvalue weighted by Crippen LogP contribution is -2.42. The molecule has 0 saturated heterocycles. The molecule has 0 aliphatic rings. The Morgan fingerprint density at radius 1 is 0.387 bits per heavy atom. The van der Waals surface area contributed by atoms with Gasteiger partial charge in [0.2, 0.25) is 0 Å². The van der Waals surface area contributed by atoms with Crippen molar-refractivity contribution in [3.05, 3.63) is 109 Å². The summed E-state index contributed by atoms with van der Waals surface area (Å²) in [5.74, 6) is -0.429. The molecule has 9 nitrogen and oxygen atoms in total. The van der Waals surface area contributed by atoms with Crippen LogP contribution >= 0.6 is 0 Å². The van der Waals surface area contributed by atoms with Crippen LogP contribution in [-0.2, 0) is 28.6 Å². The molecule has 3 atom stereocenters. The van der Waals surface area contributed by atoms with E-state index in [9.17, 15) is 14.4 Å². The third-order valence-electron chi connectivity index (χ3n) is 12.1. The Labute approximate surface area is 463 Å². The fourth-order valence-corrected chi connectivity index (χ4v) is 7.89. The van der Waals surface area contributed by atoms with Crippen LogP contribution < -0.4 is 11.1 Å². The van der Waals surface area contributed by atoms with E-state index in [1.54, 1.807) is 6.92 Å². The molecular formula is C66H117N3O6. The normalized spacial score (nSPS) is 13.3. The maximum Gasteiger partial charge on any atom is 0.323 e. The molecule has 3 N–H and O–H groups in total. The minimum absolute atomic E-state index is 0.0534. The molecular weight excluding hydrogens is 931 g/mol. The van der Waals surface area contributed by atoms with Crippen molar-refractivity contribution in [2.75, 3.05) is 39.5 Å². The summed E-state index contributed by atoms with van der Waals surface area (Å²) in [7, 11) is 0. The molecule has 0 aromatic rings. The average molecular weight is 1050 g/mol. The Hall–Kier alpha value is -4.05. The first kappa shape index (κ1) is 75.2. The van der Waals surface area contributed by atoms with E-state index >= 15 is 0 Å². The number of nitrogens with zero attached hydrogens (tertiary/aromatic N) is 1. The van der Waals surface area contributed by atoms with Gasteiger partial charge in [0.15, 0.2) is 0 Å². The van der Waals surface area contributed by atoms with Gasteiger partial charge in [-0.25, -0.2) is 0 Å². The first-order valence-electron chi connectivity index (χ1n) is 30.3. The van der Waals surface area contributed by atoms with Gasteiger partial charge in [0, 0.05) is 0 Å². The van der Waals surface area contributed by atoms with Crippen molar-refractivity contribution in [2.24, 2.45) is 5.73 Å². The topological polar surface area (TPSA) is 120 Å². The van der Waals surface area contributed by atoms with Crippen molar-refractivity contribution in [2.45, 2.75) is 254 Å². The van der Waals surface area contributed by atoms with Gasteiger partial charge in [-0.3, -0.25) is 19.3 Å². The Kier molecular flexibility index (Phi) is 64.4. The second-order valence-corrected chi connectivity index (χ2v) is 18.6. The summed E-state index contributed by atoms with van der Waals surface area (Å²) in [5.41, 5.74) is 5.75. The Balaban J connectivity index is -0.00000104. The van der Waals surface area contributed by atoms with Gasteiger partial charge in [0.05, 0.1) is 19.8 Å². The number of nitrogens with two attached hydrogens (primary N) is 1. The zero-order valence-corrected chi connectivity index (χ0v) is 49.9. The number of esters is 3. The van der Waals surface area contributed by atoms with E-state index in [1.807, 2.05) is 20.8 Å². The van der Waals surface area contributed by atoms with Crippen molar-refractivity contribution in [1.29, 1.82) is 0 Å². The van der Waals surface area contributed by atoms with Gasteiger partial charge in [-0.2, -0.15) is 0 Å². The number of nitrogens with one attached hydrogen (secondary N) is 1. The maximum atomic E-state index is 12.2. The highest BCUT2D eigenvalue weighted by Gasteiger charge is 2.24. The molecule has 0 heterocycles. The molecule has 0 saturated carbocycles. The number of hydrogen-bond donors (Lipinski definition) is 2. The van der Waals surface area contributed by atoms with E-state index in [-0.39, 0.29) is 30.0 Å². The minimum Gasteiger partial charge on any atom is -0.465 e. The Morgan fingerprint density at radius 3 is 1.07 bits per heavy atom. The summed E-state index contributed by atoms with van der Waals surface area (Å²) in [4.78, 5) is 37.5. The van der Waals surface area contributed by atoms with E-state index in [0.29, 0.717) is 19.8 Å². The fourth-order valence-electron chi connectivity index (χ4n) is 7.89. The molecule has 75 heavy (non-hydrogen) atoms. The quantitative estimate of drug-likeness (QED) is 0.0266. The number of rotatable bonds is 47. The van der Waals surface area contributed by atoms with Crippen LogP contribution in [0.15, 0.2) is 109 Å². The van der Waals surface area contributed by atoms with Gasteiger partial charge in [-0.1, -0.05) is 209 Å². The molecule has 0 spiro atoms. The molecule has 0 radical (unpaired) electrons. The minimum atomic E-state index is -0.450. The Bertz CT molecular complexity index is 1520. The van der Waals surface area contributed by atoms with Crippen LogP contribution in [0.3, 0.4) is 0 Å². The molecule has 0 amide bonds. The summed E-state index contributed by atoms with van der Waals surface area (Å²) < 4.78 is 15.3. The van der Waals surface area contributed by atoms with Crippen LogP contribution in [0.5, 0.6) is 0 Å². The predicted octanol–water partition coefficient (Wildman–Crippen LogP) is 17.3. The van der Waals surface area contributed by atoms with Crippen LogP contribution in [0.4, 0.5) is 0 Å². The first-order chi connectivity index (χ1) is 36.7. The standard InChI is InChI=1S/C24H43NO2.C22H39NO2.C20H35NO2/c1-5-9-10-11-12-13-14-15-16-17-18-19-20-21-22-23(24(26)27-8-4)25(6-2)7-3;1-4-7-8-9-10-11-12-13-14-15-16-17-18-19-20-21(23-5-2)22(24)25-6-3;1-3-5-6-7-8-9-10-11-12-13-14-15-16-17-18-19(21)20(22)23-4-2/h9-10,12-13,15-16,23H,5-8,11,14,17-22H2,1-4H3;7-8,10-11,13-14,21,23H,4-6,9,12,15-20H2,1-3H3;5-6,8-9,11-12,19H,3-4,7,10,13-18,21H2,1-2H3/b10-9-,13-12-,16-15-;8-7-,11-10-,14-13-;6-5-,9-8-,12-11-. The maximum absolute atomic E-state index is 12.2. The van der Waals surface area contributed by atoms with Gasteiger partial charge < -0.3 is 25.3 Å². The third-order valence-corrected chi connectivity index (χ3v) is 12.1. The first-order valence-corrected chi connectivity index (χ1v) is 30.3. The summed E-state index contributed by atoms with van der Waals surface area (Å²) in [6.07, 6.45) is 69.6. The number of unbranched alkanes of at least 4 members (excludes halogenated alkanes) is 12. The fraction of sp³-hybridized carbons (Fsp3) is 0.682. The SMILES string of the molecule is CC/C=C\C/C=C\C/C=C\CCCCCCC(C(=O)OCC)N(CC)CC.CC/C=C\C/C=C\C/C=C\CCCCCCC(N)C(=O)OCC.CC/C=C\C/C=C\C/C=C\CCCCCCC(NCC)C(=O)OCC. The second-order valence-electron chi connectivity index (χ2n) is 18.6. The van der Waals surface area contributed by atoms with Crippen molar-refractivity contribution < 1.29 is 28.6 Å². The van der Waals surface area contributed by atoms with Crippen molar-refractivity contribution >= 4 is 17.9 Å². The smallest absolute Gasteiger partial charge is 0.323 e. The van der Waals surface area contributed by atoms with Gasteiger partial charge >= 0.3 is 17.9 Å². The highest BCUT2D eigenvalue weighted by Crippen LogP contribution is 2.15. The number of allylic oxidation sites excluding steroid dienone is 18. The molecule has 9 heteroatoms. The third kappa shape index (κ3) is 56.0. The lowest BCUT2D eigenvalue weighted by atomic mass is 10.0. The van der Waals surface area contributed by atoms with E-state index in [1.165, 1.54) is 51.4 Å². The number of carbonyl (C=O) groups excluding carboxylic acids is 3. The zero-order chi connectivity index (χ0) is 55.9. The second kappa shape index (κ2) is 64.2. The predicted molar refractivity (Wildman–Crippen MR) is 326 cm³/mol. The highest BCUT2D eigenvalue weighted by molar-refractivity contribution is 5.76. The van der Waals surface area contributed by atoms with Gasteiger partial charge in [-0.05, 0) is 156 Å². The molecule has 0 aliphatic heterocycles. The molecule has 0 aromatic carbocycles. The molecule has 0 aromatic heterocycles. The Morgan fingerprint density at radius 2 is 0.707 bits per heavy atom. The summed E-state index contributed by atoms with van der Waals surface area (Å²) in [6, 6.07) is -0.656. The molecule has 3 unspecified atom stereocenters. The number of hydrogen-bond acceptors (Lipinski definition) is 9. The number of carbonyl (C=O) groups is 3. The van der Waals surface area contributed by atoms with E-state index in [0.717, 1.165) is 142 Å². The highest BCUT2D eigenvalue weighted by atomic mass is 16.5. The van der Waals surface area contributed by atoms with E-state index in [2.05, 4.69) is 154 Å². The lowest BCUT2D eigenvalue weighted by molar-refractivity contribution is -0.150. The molecule has 432 valence electrons. The summed E-state index contributed by atoms with van der Waals surface area (Å²) in [6.45, 7) is 22.2. The van der Waals surface area contributed by atoms with Crippen molar-refractivity contribution in [3.8, 4) is 0 Å². The van der Waals surface area contributed by atoms with Crippen LogP contribution in [0.1, 0.15) is 236 Å². The average Bonchev–Trinajstić information content (AvgIpc) is 3.41. The van der Waals surface area contributed by atoms with Gasteiger partial charge in [0.1, 0.15) is 18.1 Å². The number of likely N-dealkylation sites (N-methyl/N-ethyl adjacent to an activating group) is 2. The van der Waals surface area contributed by atoms with Crippen LogP contribution in [0.25, 0.3) is 0 Å². The molecule has 0 bridgehead atoms. The molecule has 0 aliphatic carbocycles. The lowest BCUT2D eigenvalue weighted by Gasteiger charge is -2.27. The van der Waals surface area contributed by atoms with Gasteiger partial charge in [-0.15, -0.1) is 0 Å². The van der Waals surface area contributed by atoms with Crippen LogP contribution in [-0.4, -0.2) is 80.4 Å². The monoisotopic (exact) mass is 1050 g/mol. The van der Waals surface area contributed by atoms with E-state index < -0.39 is 6.04 Å². The summed E-state index contributed by atoms with van der Waals surface area (Å²) >= 11 is 0. The molecule has 0 rings (SSSR count). The van der Waals surface area contributed by atoms with Gasteiger partial charge in [0.25, 0.3) is 0 Å². The van der Waals surface area contributed by atoms with Crippen LogP contribution in [0.2, 0.25) is 0 Å². The molecule has 0 fully saturated rings. The largest absolute Gasteiger partial charge is 0.465 e.